The minimum absolute atomic E-state index is 0.178. The summed E-state index contributed by atoms with van der Waals surface area (Å²) in [5, 5.41) is 12.7. The van der Waals surface area contributed by atoms with Crippen LogP contribution in [0.15, 0.2) is 0 Å². The summed E-state index contributed by atoms with van der Waals surface area (Å²) in [6.07, 6.45) is 17.0. The average molecular weight is 571 g/mol. The van der Waals surface area contributed by atoms with Gasteiger partial charge in [0.15, 0.2) is 0 Å². The molecule has 2 unspecified atom stereocenters. The SMILES string of the molecule is CCCCCCCC(=O)NCCCC(C)CNC(=S)C(=S)NCC(C)CCCNC(=O)CCCCCCC. The molecule has 0 fully saturated rings. The predicted molar refractivity (Wildman–Crippen MR) is 171 cm³/mol. The highest BCUT2D eigenvalue weighted by molar-refractivity contribution is 7.89. The molecule has 0 aliphatic rings. The van der Waals surface area contributed by atoms with Crippen molar-refractivity contribution in [1.82, 2.24) is 21.3 Å². The first-order valence-corrected chi connectivity index (χ1v) is 16.2. The Morgan fingerprint density at radius 1 is 0.553 bits per heavy atom. The molecule has 2 amide bonds. The van der Waals surface area contributed by atoms with Crippen molar-refractivity contribution >= 4 is 46.2 Å². The van der Waals surface area contributed by atoms with E-state index in [0.29, 0.717) is 34.7 Å². The van der Waals surface area contributed by atoms with Crippen molar-refractivity contribution in [3.05, 3.63) is 0 Å². The van der Waals surface area contributed by atoms with Crippen molar-refractivity contribution in [2.24, 2.45) is 11.8 Å². The first-order valence-electron chi connectivity index (χ1n) is 15.4. The second-order valence-electron chi connectivity index (χ2n) is 10.9. The molecular formula is C30H58N4O2S2. The Morgan fingerprint density at radius 2 is 0.921 bits per heavy atom. The van der Waals surface area contributed by atoms with E-state index in [0.717, 1.165) is 77.5 Å². The van der Waals surface area contributed by atoms with Crippen molar-refractivity contribution in [2.45, 2.75) is 130 Å². The number of amides is 2. The van der Waals surface area contributed by atoms with Crippen LogP contribution in [0.2, 0.25) is 0 Å². The first kappa shape index (κ1) is 36.7. The maximum absolute atomic E-state index is 11.9. The lowest BCUT2D eigenvalue weighted by Gasteiger charge is -2.17. The van der Waals surface area contributed by atoms with Crippen LogP contribution in [-0.4, -0.2) is 48.0 Å². The van der Waals surface area contributed by atoms with Crippen molar-refractivity contribution in [2.75, 3.05) is 26.2 Å². The summed E-state index contributed by atoms with van der Waals surface area (Å²) >= 11 is 10.9. The average Bonchev–Trinajstić information content (AvgIpc) is 2.90. The monoisotopic (exact) mass is 570 g/mol. The Labute approximate surface area is 245 Å². The Bertz CT molecular complexity index is 592. The third-order valence-corrected chi connectivity index (χ3v) is 7.66. The summed E-state index contributed by atoms with van der Waals surface area (Å²) in [4.78, 5) is 25.0. The molecule has 0 radical (unpaired) electrons. The topological polar surface area (TPSA) is 82.3 Å². The third kappa shape index (κ3) is 23.8. The van der Waals surface area contributed by atoms with E-state index in [1.165, 1.54) is 38.5 Å². The largest absolute Gasteiger partial charge is 0.374 e. The molecule has 0 heterocycles. The van der Waals surface area contributed by atoms with Crippen LogP contribution < -0.4 is 21.3 Å². The fourth-order valence-electron chi connectivity index (χ4n) is 4.21. The van der Waals surface area contributed by atoms with Gasteiger partial charge < -0.3 is 21.3 Å². The molecule has 0 aromatic rings. The van der Waals surface area contributed by atoms with E-state index in [4.69, 9.17) is 24.4 Å². The second kappa shape index (κ2) is 26.0. The van der Waals surface area contributed by atoms with E-state index >= 15 is 0 Å². The summed E-state index contributed by atoms with van der Waals surface area (Å²) < 4.78 is 0. The summed E-state index contributed by atoms with van der Waals surface area (Å²) in [6.45, 7) is 11.8. The lowest BCUT2D eigenvalue weighted by atomic mass is 10.1. The van der Waals surface area contributed by atoms with Crippen molar-refractivity contribution in [3.8, 4) is 0 Å². The zero-order chi connectivity index (χ0) is 28.4. The van der Waals surface area contributed by atoms with E-state index in [2.05, 4.69) is 49.0 Å². The molecule has 0 spiro atoms. The minimum atomic E-state index is 0.178. The van der Waals surface area contributed by atoms with E-state index in [-0.39, 0.29) is 11.8 Å². The summed E-state index contributed by atoms with van der Waals surface area (Å²) in [7, 11) is 0. The summed E-state index contributed by atoms with van der Waals surface area (Å²) in [5.41, 5.74) is 0. The van der Waals surface area contributed by atoms with Gasteiger partial charge in [-0.15, -0.1) is 0 Å². The molecule has 0 aromatic carbocycles. The van der Waals surface area contributed by atoms with Gasteiger partial charge in [0.1, 0.15) is 9.98 Å². The highest BCUT2D eigenvalue weighted by Gasteiger charge is 2.10. The van der Waals surface area contributed by atoms with Gasteiger partial charge in [0.05, 0.1) is 0 Å². The van der Waals surface area contributed by atoms with Crippen LogP contribution in [0.25, 0.3) is 0 Å². The van der Waals surface area contributed by atoms with Gasteiger partial charge in [-0.25, -0.2) is 0 Å². The van der Waals surface area contributed by atoms with Crippen LogP contribution in [-0.2, 0) is 9.59 Å². The number of carbonyl (C=O) groups is 2. The lowest BCUT2D eigenvalue weighted by molar-refractivity contribution is -0.122. The van der Waals surface area contributed by atoms with E-state index in [1.54, 1.807) is 0 Å². The quantitative estimate of drug-likeness (QED) is 0.0773. The predicted octanol–water partition coefficient (Wildman–Crippen LogP) is 6.61. The van der Waals surface area contributed by atoms with Gasteiger partial charge in [-0.2, -0.15) is 0 Å². The molecule has 0 aliphatic heterocycles. The Balaban J connectivity index is 3.75. The smallest absolute Gasteiger partial charge is 0.219 e. The maximum atomic E-state index is 11.9. The molecule has 38 heavy (non-hydrogen) atoms. The fraction of sp³-hybridized carbons (Fsp3) is 0.867. The van der Waals surface area contributed by atoms with Gasteiger partial charge in [-0.3, -0.25) is 9.59 Å². The van der Waals surface area contributed by atoms with E-state index in [9.17, 15) is 9.59 Å². The number of rotatable bonds is 24. The molecule has 0 saturated carbocycles. The molecule has 6 nitrogen and oxygen atoms in total. The van der Waals surface area contributed by atoms with Crippen LogP contribution >= 0.6 is 24.4 Å². The number of nitrogens with one attached hydrogen (secondary N) is 4. The molecule has 0 saturated heterocycles. The van der Waals surface area contributed by atoms with Crippen LogP contribution in [0, 0.1) is 11.8 Å². The minimum Gasteiger partial charge on any atom is -0.374 e. The Morgan fingerprint density at radius 3 is 1.29 bits per heavy atom. The fourth-order valence-corrected chi connectivity index (χ4v) is 4.52. The number of carbonyl (C=O) groups excluding carboxylic acids is 2. The van der Waals surface area contributed by atoms with Gasteiger partial charge >= 0.3 is 0 Å². The van der Waals surface area contributed by atoms with Crippen LogP contribution in [0.5, 0.6) is 0 Å². The summed E-state index contributed by atoms with van der Waals surface area (Å²) in [6, 6.07) is 0. The molecule has 222 valence electrons. The van der Waals surface area contributed by atoms with E-state index in [1.807, 2.05) is 0 Å². The van der Waals surface area contributed by atoms with Gasteiger partial charge in [0, 0.05) is 39.0 Å². The van der Waals surface area contributed by atoms with Crippen molar-refractivity contribution in [1.29, 1.82) is 0 Å². The highest BCUT2D eigenvalue weighted by Crippen LogP contribution is 2.07. The van der Waals surface area contributed by atoms with E-state index < -0.39 is 0 Å². The van der Waals surface area contributed by atoms with Crippen molar-refractivity contribution in [3.63, 3.8) is 0 Å². The number of hydrogen-bond acceptors (Lipinski definition) is 4. The molecule has 2 atom stereocenters. The third-order valence-electron chi connectivity index (χ3n) is 6.83. The van der Waals surface area contributed by atoms with Gasteiger partial charge in [0.2, 0.25) is 11.8 Å². The Hall–Kier alpha value is -1.28. The molecule has 8 heteroatoms. The van der Waals surface area contributed by atoms with Crippen molar-refractivity contribution < 1.29 is 9.59 Å². The molecular weight excluding hydrogens is 512 g/mol. The molecule has 0 bridgehead atoms. The Kier molecular flexibility index (Phi) is 25.1. The van der Waals surface area contributed by atoms with Gasteiger partial charge in [0.25, 0.3) is 0 Å². The standard InChI is InChI=1S/C30H58N4O2S2/c1-5-7-9-11-13-19-27(35)31-21-15-17-25(3)23-33-29(37)30(38)34-24-26(4)18-16-22-32-28(36)20-14-12-10-8-6-2/h25-26H,5-24H2,1-4H3,(H,31,35)(H,32,36)(H,33,37)(H,34,38). The van der Waals surface area contributed by atoms with Crippen LogP contribution in [0.4, 0.5) is 0 Å². The molecule has 0 rings (SSSR count). The van der Waals surface area contributed by atoms with Gasteiger partial charge in [-0.05, 0) is 50.4 Å². The highest BCUT2D eigenvalue weighted by atomic mass is 32.1. The normalized spacial score (nSPS) is 12.4. The molecule has 4 N–H and O–H groups in total. The zero-order valence-electron chi connectivity index (χ0n) is 24.9. The number of hydrogen-bond donors (Lipinski definition) is 4. The van der Waals surface area contributed by atoms with Gasteiger partial charge in [-0.1, -0.05) is 103 Å². The van der Waals surface area contributed by atoms with Crippen LogP contribution in [0.1, 0.15) is 130 Å². The molecule has 0 aromatic heterocycles. The molecule has 0 aliphatic carbocycles. The summed E-state index contributed by atoms with van der Waals surface area (Å²) in [5.74, 6) is 1.26. The maximum Gasteiger partial charge on any atom is 0.219 e. The number of thiocarbonyl (C=S) groups is 2. The zero-order valence-corrected chi connectivity index (χ0v) is 26.6. The number of unbranched alkanes of at least 4 members (excludes halogenated alkanes) is 8. The first-order chi connectivity index (χ1) is 18.3. The van der Waals surface area contributed by atoms with Crippen LogP contribution in [0.3, 0.4) is 0 Å². The second-order valence-corrected chi connectivity index (χ2v) is 11.8. The lowest BCUT2D eigenvalue weighted by Crippen LogP contribution is -2.40.